The van der Waals surface area contributed by atoms with Crippen molar-refractivity contribution < 1.29 is 9.59 Å². The number of rotatable bonds is 5. The Morgan fingerprint density at radius 2 is 1.33 bits per heavy atom. The van der Waals surface area contributed by atoms with Crippen molar-refractivity contribution in [2.45, 2.75) is 47.0 Å². The third kappa shape index (κ3) is 24.6. The minimum atomic E-state index is 0.0573. The zero-order chi connectivity index (χ0) is 12.1. The molecular weight excluding hydrogens is 192 g/mol. The second-order valence-corrected chi connectivity index (χ2v) is 3.32. The number of hydrogen-bond acceptors (Lipinski definition) is 2. The molecule has 4 nitrogen and oxygen atoms in total. The van der Waals surface area contributed by atoms with Crippen LogP contribution in [0.15, 0.2) is 0 Å². The second-order valence-electron chi connectivity index (χ2n) is 3.32. The lowest BCUT2D eigenvalue weighted by Crippen LogP contribution is -2.20. The SMILES string of the molecule is CCCCNC(C)=O.CCCNC(C)=O. The predicted molar refractivity (Wildman–Crippen MR) is 62.6 cm³/mol. The zero-order valence-corrected chi connectivity index (χ0v) is 10.4. The lowest BCUT2D eigenvalue weighted by Gasteiger charge is -1.96. The molecule has 0 saturated carbocycles. The molecule has 0 atom stereocenters. The molecule has 0 aliphatic rings. The van der Waals surface area contributed by atoms with Crippen molar-refractivity contribution in [2.75, 3.05) is 13.1 Å². The molecule has 15 heavy (non-hydrogen) atoms. The molecule has 2 amide bonds. The Bertz CT molecular complexity index is 170. The fraction of sp³-hybridized carbons (Fsp3) is 0.818. The smallest absolute Gasteiger partial charge is 0.216 e. The number of carbonyl (C=O) groups is 2. The van der Waals surface area contributed by atoms with Crippen LogP contribution in [-0.2, 0) is 9.59 Å². The van der Waals surface area contributed by atoms with Crippen molar-refractivity contribution in [1.82, 2.24) is 10.6 Å². The lowest BCUT2D eigenvalue weighted by atomic mass is 10.3. The van der Waals surface area contributed by atoms with Crippen LogP contribution in [0.2, 0.25) is 0 Å². The normalized spacial score (nSPS) is 8.53. The zero-order valence-electron chi connectivity index (χ0n) is 10.4. The van der Waals surface area contributed by atoms with E-state index in [1.807, 2.05) is 6.92 Å². The number of hydrogen-bond donors (Lipinski definition) is 2. The Hall–Kier alpha value is -1.06. The maximum absolute atomic E-state index is 10.2. The average molecular weight is 216 g/mol. The summed E-state index contributed by atoms with van der Waals surface area (Å²) in [5, 5.41) is 5.36. The van der Waals surface area contributed by atoms with Gasteiger partial charge in [0.05, 0.1) is 0 Å². The van der Waals surface area contributed by atoms with Gasteiger partial charge in [0.15, 0.2) is 0 Å². The maximum Gasteiger partial charge on any atom is 0.216 e. The molecule has 0 saturated heterocycles. The van der Waals surface area contributed by atoms with Crippen molar-refractivity contribution in [3.63, 3.8) is 0 Å². The van der Waals surface area contributed by atoms with Gasteiger partial charge in [0.25, 0.3) is 0 Å². The molecule has 0 heterocycles. The first-order valence-corrected chi connectivity index (χ1v) is 5.53. The summed E-state index contributed by atoms with van der Waals surface area (Å²) in [5.41, 5.74) is 0. The summed E-state index contributed by atoms with van der Waals surface area (Å²) in [4.78, 5) is 20.3. The summed E-state index contributed by atoms with van der Waals surface area (Å²) in [5.74, 6) is 0.125. The predicted octanol–water partition coefficient (Wildman–Crippen LogP) is 1.46. The van der Waals surface area contributed by atoms with Gasteiger partial charge in [0.2, 0.25) is 11.8 Å². The van der Waals surface area contributed by atoms with Gasteiger partial charge in [-0.25, -0.2) is 0 Å². The van der Waals surface area contributed by atoms with Crippen LogP contribution in [0.1, 0.15) is 47.0 Å². The summed E-state index contributed by atoms with van der Waals surface area (Å²) in [7, 11) is 0. The van der Waals surface area contributed by atoms with Gasteiger partial charge < -0.3 is 10.6 Å². The molecule has 0 fully saturated rings. The Balaban J connectivity index is 0. The first kappa shape index (κ1) is 16.4. The van der Waals surface area contributed by atoms with Crippen LogP contribution >= 0.6 is 0 Å². The molecule has 0 unspecified atom stereocenters. The van der Waals surface area contributed by atoms with Gasteiger partial charge >= 0.3 is 0 Å². The minimum absolute atomic E-state index is 0.0573. The third-order valence-corrected chi connectivity index (χ3v) is 1.53. The highest BCUT2D eigenvalue weighted by Gasteiger charge is 1.85. The van der Waals surface area contributed by atoms with Crippen LogP contribution in [-0.4, -0.2) is 24.9 Å². The molecule has 2 N–H and O–H groups in total. The molecule has 0 aliphatic carbocycles. The minimum Gasteiger partial charge on any atom is -0.356 e. The number of nitrogens with one attached hydrogen (secondary N) is 2. The first-order valence-electron chi connectivity index (χ1n) is 5.53. The molecule has 4 heteroatoms. The van der Waals surface area contributed by atoms with Crippen molar-refractivity contribution in [1.29, 1.82) is 0 Å². The third-order valence-electron chi connectivity index (χ3n) is 1.53. The van der Waals surface area contributed by atoms with Crippen LogP contribution in [0.4, 0.5) is 0 Å². The molecule has 0 radical (unpaired) electrons. The van der Waals surface area contributed by atoms with Crippen molar-refractivity contribution >= 4 is 11.8 Å². The summed E-state index contributed by atoms with van der Waals surface area (Å²) in [6.07, 6.45) is 3.24. The monoisotopic (exact) mass is 216 g/mol. The van der Waals surface area contributed by atoms with Crippen LogP contribution in [0.3, 0.4) is 0 Å². The standard InChI is InChI=1S/C6H13NO.C5H11NO/c1-3-4-5-7-6(2)8;1-3-4-6-5(2)7/h3-5H2,1-2H3,(H,7,8);3-4H2,1-2H3,(H,6,7). The molecule has 0 bridgehead atoms. The molecule has 0 aromatic carbocycles. The van der Waals surface area contributed by atoms with Gasteiger partial charge in [-0.3, -0.25) is 9.59 Å². The number of unbranched alkanes of at least 4 members (excludes halogenated alkanes) is 1. The molecule has 0 aromatic heterocycles. The van der Waals surface area contributed by atoms with E-state index in [0.29, 0.717) is 0 Å². The van der Waals surface area contributed by atoms with Crippen LogP contribution in [0, 0.1) is 0 Å². The molecule has 90 valence electrons. The van der Waals surface area contributed by atoms with Crippen LogP contribution < -0.4 is 10.6 Å². The highest BCUT2D eigenvalue weighted by molar-refractivity contribution is 5.72. The Kier molecular flexibility index (Phi) is 14.1. The van der Waals surface area contributed by atoms with Gasteiger partial charge in [0, 0.05) is 26.9 Å². The van der Waals surface area contributed by atoms with Crippen molar-refractivity contribution in [3.05, 3.63) is 0 Å². The lowest BCUT2D eigenvalue weighted by molar-refractivity contribution is -0.119. The van der Waals surface area contributed by atoms with E-state index in [1.54, 1.807) is 0 Å². The van der Waals surface area contributed by atoms with Gasteiger partial charge in [0.1, 0.15) is 0 Å². The van der Waals surface area contributed by atoms with E-state index < -0.39 is 0 Å². The Labute approximate surface area is 92.8 Å². The van der Waals surface area contributed by atoms with Gasteiger partial charge in [-0.2, -0.15) is 0 Å². The summed E-state index contributed by atoms with van der Waals surface area (Å²) in [6.45, 7) is 8.81. The Morgan fingerprint density at radius 1 is 0.867 bits per heavy atom. The number of amides is 2. The largest absolute Gasteiger partial charge is 0.356 e. The van der Waals surface area contributed by atoms with E-state index in [4.69, 9.17) is 0 Å². The van der Waals surface area contributed by atoms with E-state index in [0.717, 1.165) is 32.4 Å². The van der Waals surface area contributed by atoms with E-state index >= 15 is 0 Å². The van der Waals surface area contributed by atoms with Gasteiger partial charge in [-0.15, -0.1) is 0 Å². The fourth-order valence-corrected chi connectivity index (χ4v) is 0.742. The highest BCUT2D eigenvalue weighted by Crippen LogP contribution is 1.80. The molecule has 0 spiro atoms. The van der Waals surface area contributed by atoms with Crippen molar-refractivity contribution in [2.24, 2.45) is 0 Å². The second kappa shape index (κ2) is 12.9. The molecule has 0 aromatic rings. The molecule has 0 aliphatic heterocycles. The van der Waals surface area contributed by atoms with Gasteiger partial charge in [-0.05, 0) is 12.8 Å². The van der Waals surface area contributed by atoms with Gasteiger partial charge in [-0.1, -0.05) is 20.3 Å². The highest BCUT2D eigenvalue weighted by atomic mass is 16.1. The fourth-order valence-electron chi connectivity index (χ4n) is 0.742. The number of carbonyl (C=O) groups excluding carboxylic acids is 2. The summed E-state index contributed by atoms with van der Waals surface area (Å²) < 4.78 is 0. The van der Waals surface area contributed by atoms with E-state index in [9.17, 15) is 9.59 Å². The van der Waals surface area contributed by atoms with E-state index in [2.05, 4.69) is 17.6 Å². The van der Waals surface area contributed by atoms with Crippen LogP contribution in [0.5, 0.6) is 0 Å². The molecule has 0 rings (SSSR count). The first-order chi connectivity index (χ1) is 7.04. The van der Waals surface area contributed by atoms with Crippen molar-refractivity contribution in [3.8, 4) is 0 Å². The van der Waals surface area contributed by atoms with E-state index in [-0.39, 0.29) is 11.8 Å². The quantitative estimate of drug-likeness (QED) is 0.683. The topological polar surface area (TPSA) is 58.2 Å². The summed E-state index contributed by atoms with van der Waals surface area (Å²) >= 11 is 0. The summed E-state index contributed by atoms with van der Waals surface area (Å²) in [6, 6.07) is 0. The average Bonchev–Trinajstić information content (AvgIpc) is 2.15. The van der Waals surface area contributed by atoms with E-state index in [1.165, 1.54) is 13.8 Å². The maximum atomic E-state index is 10.2. The van der Waals surface area contributed by atoms with Crippen LogP contribution in [0.25, 0.3) is 0 Å². The Morgan fingerprint density at radius 3 is 1.60 bits per heavy atom. The molecular formula is C11H24N2O2.